The molecule has 1 saturated heterocycles. The number of fused-ring (bicyclic) bond motifs is 1. The van der Waals surface area contributed by atoms with Gasteiger partial charge in [-0.15, -0.1) is 0 Å². The Hall–Kier alpha value is -4.71. The lowest BCUT2D eigenvalue weighted by Crippen LogP contribution is -2.29. The van der Waals surface area contributed by atoms with E-state index >= 15 is 0 Å². The van der Waals surface area contributed by atoms with Gasteiger partial charge in [-0.2, -0.15) is 0 Å². The van der Waals surface area contributed by atoms with Crippen LogP contribution in [0.1, 0.15) is 46.4 Å². The molecule has 1 unspecified atom stereocenters. The second-order valence-electron chi connectivity index (χ2n) is 9.33. The summed E-state index contributed by atoms with van der Waals surface area (Å²) in [5.74, 6) is -2.20. The second kappa shape index (κ2) is 10.3. The first kappa shape index (κ1) is 25.0. The summed E-state index contributed by atoms with van der Waals surface area (Å²) in [5.41, 5.74) is 2.90. The van der Waals surface area contributed by atoms with Crippen molar-refractivity contribution in [2.75, 3.05) is 11.5 Å². The Balaban J connectivity index is 1.63. The topological polar surface area (TPSA) is 83.9 Å². The highest BCUT2D eigenvalue weighted by Crippen LogP contribution is 2.42. The first-order chi connectivity index (χ1) is 18.4. The number of amides is 1. The first-order valence-corrected chi connectivity index (χ1v) is 12.5. The number of Topliss-reactive ketones (excluding diaryl/α,β-unsaturated/α-hetero) is 1. The van der Waals surface area contributed by atoms with E-state index < -0.39 is 23.7 Å². The molecule has 0 spiro atoms. The van der Waals surface area contributed by atoms with Crippen molar-refractivity contribution >= 4 is 39.9 Å². The van der Waals surface area contributed by atoms with Gasteiger partial charge in [-0.1, -0.05) is 73.2 Å². The van der Waals surface area contributed by atoms with Crippen LogP contribution < -0.4 is 4.90 Å². The minimum atomic E-state index is -0.848. The molecule has 1 heterocycles. The minimum Gasteiger partial charge on any atom is -0.507 e. The zero-order chi connectivity index (χ0) is 26.8. The molecule has 1 aliphatic heterocycles. The lowest BCUT2D eigenvalue weighted by Gasteiger charge is -2.26. The van der Waals surface area contributed by atoms with Crippen molar-refractivity contribution in [2.45, 2.75) is 26.3 Å². The van der Waals surface area contributed by atoms with Crippen LogP contribution in [0, 0.1) is 6.92 Å². The molecule has 0 bridgehead atoms. The van der Waals surface area contributed by atoms with Crippen LogP contribution in [0.4, 0.5) is 5.69 Å². The van der Waals surface area contributed by atoms with Crippen LogP contribution in [0.3, 0.4) is 0 Å². The number of esters is 1. The fraction of sp³-hybridized carbons (Fsp3) is 0.156. The molecule has 0 aromatic heterocycles. The first-order valence-electron chi connectivity index (χ1n) is 12.5. The van der Waals surface area contributed by atoms with E-state index in [0.717, 1.165) is 16.3 Å². The van der Waals surface area contributed by atoms with Crippen LogP contribution in [0.15, 0.2) is 96.6 Å². The van der Waals surface area contributed by atoms with Crippen molar-refractivity contribution in [3.8, 4) is 0 Å². The molecule has 6 nitrogen and oxygen atoms in total. The van der Waals surface area contributed by atoms with Crippen molar-refractivity contribution in [1.82, 2.24) is 0 Å². The van der Waals surface area contributed by atoms with E-state index in [1.165, 1.54) is 4.90 Å². The molecule has 38 heavy (non-hydrogen) atoms. The van der Waals surface area contributed by atoms with Gasteiger partial charge in [0.1, 0.15) is 5.76 Å². The number of carbonyl (C=O) groups excluding carboxylic acids is 3. The lowest BCUT2D eigenvalue weighted by atomic mass is 9.93. The van der Waals surface area contributed by atoms with Gasteiger partial charge in [-0.05, 0) is 60.0 Å². The number of aliphatic hydroxyl groups excluding tert-OH is 1. The fourth-order valence-electron chi connectivity index (χ4n) is 4.78. The van der Waals surface area contributed by atoms with Crippen LogP contribution in [0.5, 0.6) is 0 Å². The normalized spacial score (nSPS) is 16.7. The zero-order valence-corrected chi connectivity index (χ0v) is 21.2. The maximum atomic E-state index is 13.4. The van der Waals surface area contributed by atoms with Crippen LogP contribution >= 0.6 is 0 Å². The minimum absolute atomic E-state index is 0.0160. The van der Waals surface area contributed by atoms with Gasteiger partial charge in [0.15, 0.2) is 0 Å². The Labute approximate surface area is 220 Å². The molecule has 0 saturated carbocycles. The van der Waals surface area contributed by atoms with Crippen molar-refractivity contribution < 1.29 is 24.2 Å². The van der Waals surface area contributed by atoms with Crippen molar-refractivity contribution in [3.05, 3.63) is 119 Å². The maximum absolute atomic E-state index is 13.4. The summed E-state index contributed by atoms with van der Waals surface area (Å²) in [6, 6.07) is 26.2. The summed E-state index contributed by atoms with van der Waals surface area (Å²) in [5, 5.41) is 13.4. The molecule has 5 rings (SSSR count). The zero-order valence-electron chi connectivity index (χ0n) is 21.2. The van der Waals surface area contributed by atoms with Crippen LogP contribution in [-0.4, -0.2) is 29.4 Å². The van der Waals surface area contributed by atoms with E-state index in [1.54, 1.807) is 30.3 Å². The summed E-state index contributed by atoms with van der Waals surface area (Å²) in [6.45, 7) is 4.16. The van der Waals surface area contributed by atoms with Crippen molar-refractivity contribution in [1.29, 1.82) is 0 Å². The highest BCUT2D eigenvalue weighted by molar-refractivity contribution is 6.51. The molecule has 1 atom stereocenters. The Morgan fingerprint density at radius 1 is 0.868 bits per heavy atom. The number of ether oxygens (including phenoxy) is 1. The van der Waals surface area contributed by atoms with Gasteiger partial charge < -0.3 is 9.84 Å². The largest absolute Gasteiger partial charge is 0.507 e. The number of rotatable bonds is 6. The smallest absolute Gasteiger partial charge is 0.338 e. The Morgan fingerprint density at radius 2 is 1.58 bits per heavy atom. The van der Waals surface area contributed by atoms with Gasteiger partial charge in [-0.25, -0.2) is 4.79 Å². The van der Waals surface area contributed by atoms with Crippen molar-refractivity contribution in [2.24, 2.45) is 0 Å². The van der Waals surface area contributed by atoms with E-state index in [9.17, 15) is 19.5 Å². The van der Waals surface area contributed by atoms with Crippen molar-refractivity contribution in [3.63, 3.8) is 0 Å². The van der Waals surface area contributed by atoms with Crippen LogP contribution in [0.25, 0.3) is 16.5 Å². The summed E-state index contributed by atoms with van der Waals surface area (Å²) in [4.78, 5) is 40.5. The van der Waals surface area contributed by atoms with E-state index in [1.807, 2.05) is 74.5 Å². The number of hydrogen-bond acceptors (Lipinski definition) is 5. The van der Waals surface area contributed by atoms with E-state index in [4.69, 9.17) is 4.74 Å². The number of aryl methyl sites for hydroxylation is 1. The predicted molar refractivity (Wildman–Crippen MR) is 147 cm³/mol. The number of benzene rings is 4. The van der Waals surface area contributed by atoms with Crippen LogP contribution in [0.2, 0.25) is 0 Å². The van der Waals surface area contributed by atoms with Gasteiger partial charge in [0, 0.05) is 11.3 Å². The third-order valence-corrected chi connectivity index (χ3v) is 6.64. The monoisotopic (exact) mass is 505 g/mol. The molecule has 1 amide bonds. The molecular weight excluding hydrogens is 478 g/mol. The molecule has 0 aliphatic carbocycles. The molecule has 0 radical (unpaired) electrons. The Morgan fingerprint density at radius 3 is 2.29 bits per heavy atom. The lowest BCUT2D eigenvalue weighted by molar-refractivity contribution is -0.132. The van der Waals surface area contributed by atoms with Gasteiger partial charge in [0.2, 0.25) is 0 Å². The Bertz CT molecular complexity index is 1590. The number of hydrogen-bond donors (Lipinski definition) is 1. The number of nitrogens with zero attached hydrogens (tertiary/aromatic N) is 1. The summed E-state index contributed by atoms with van der Waals surface area (Å²) < 4.78 is 5.20. The summed E-state index contributed by atoms with van der Waals surface area (Å²) >= 11 is 0. The average molecular weight is 506 g/mol. The SMILES string of the molecule is CCCOC(=O)c1ccc(N2C(=O)C(=O)/C(=C(\O)c3ccc4ccccc4c3)C2c2cccc(C)c2)cc1. The standard InChI is InChI=1S/C32H27NO5/c1-3-17-38-32(37)22-13-15-26(16-14-22)33-28(24-10-6-7-20(2)18-24)27(30(35)31(33)36)29(34)25-12-11-21-8-4-5-9-23(21)19-25/h4-16,18-19,28,34H,3,17H2,1-2H3/b29-27-. The maximum Gasteiger partial charge on any atom is 0.338 e. The molecule has 1 aliphatic rings. The molecule has 4 aromatic carbocycles. The number of carbonyl (C=O) groups is 3. The summed E-state index contributed by atoms with van der Waals surface area (Å²) in [6.07, 6.45) is 0.711. The van der Waals surface area contributed by atoms with Gasteiger partial charge in [0.05, 0.1) is 23.8 Å². The number of aliphatic hydroxyl groups is 1. The molecular formula is C32H27NO5. The fourth-order valence-corrected chi connectivity index (χ4v) is 4.78. The number of ketones is 1. The highest BCUT2D eigenvalue weighted by Gasteiger charge is 2.47. The quantitative estimate of drug-likeness (QED) is 0.143. The molecule has 6 heteroatoms. The molecule has 1 fully saturated rings. The summed E-state index contributed by atoms with van der Waals surface area (Å²) in [7, 11) is 0. The van der Waals surface area contributed by atoms with E-state index in [2.05, 4.69) is 0 Å². The predicted octanol–water partition coefficient (Wildman–Crippen LogP) is 6.34. The van der Waals surface area contributed by atoms with Gasteiger partial charge in [0.25, 0.3) is 11.7 Å². The third kappa shape index (κ3) is 4.57. The molecule has 4 aromatic rings. The van der Waals surface area contributed by atoms with E-state index in [-0.39, 0.29) is 11.3 Å². The third-order valence-electron chi connectivity index (χ3n) is 6.64. The average Bonchev–Trinajstić information content (AvgIpc) is 3.21. The Kier molecular flexibility index (Phi) is 6.79. The molecule has 190 valence electrons. The van der Waals surface area contributed by atoms with E-state index in [0.29, 0.717) is 35.4 Å². The number of anilines is 1. The van der Waals surface area contributed by atoms with Gasteiger partial charge >= 0.3 is 5.97 Å². The highest BCUT2D eigenvalue weighted by atomic mass is 16.5. The molecule has 1 N–H and O–H groups in total. The second-order valence-corrected chi connectivity index (χ2v) is 9.33. The van der Waals surface area contributed by atoms with Gasteiger partial charge in [-0.3, -0.25) is 14.5 Å². The van der Waals surface area contributed by atoms with Crippen LogP contribution in [-0.2, 0) is 14.3 Å².